The van der Waals surface area contributed by atoms with E-state index >= 15 is 0 Å². The Morgan fingerprint density at radius 1 is 0.289 bits per heavy atom. The Bertz CT molecular complexity index is 1290. The van der Waals surface area contributed by atoms with E-state index in [2.05, 4.69) is 12.1 Å². The molecule has 0 radical (unpaired) electrons. The highest BCUT2D eigenvalue weighted by Gasteiger charge is 2.16. The molecule has 0 aliphatic carbocycles. The molecule has 0 saturated carbocycles. The fourth-order valence-electron chi connectivity index (χ4n) is 3.36. The van der Waals surface area contributed by atoms with Crippen LogP contribution in [0.25, 0.3) is 0 Å². The van der Waals surface area contributed by atoms with E-state index in [0.717, 1.165) is 59.3 Å². The van der Waals surface area contributed by atoms with Gasteiger partial charge in [-0.2, -0.15) is 0 Å². The van der Waals surface area contributed by atoms with Crippen LogP contribution in [0.4, 0.5) is 0 Å². The zero-order valence-electron chi connectivity index (χ0n) is 19.5. The van der Waals surface area contributed by atoms with Crippen LogP contribution in [0.5, 0.6) is 0 Å². The lowest BCUT2D eigenvalue weighted by molar-refractivity contribution is 1.08. The lowest BCUT2D eigenvalue weighted by Gasteiger charge is -2.16. The van der Waals surface area contributed by atoms with Gasteiger partial charge < -0.3 is 0 Å². The number of hydrogen-bond donors (Lipinski definition) is 0. The standard InChI is InChI=1S/C30H18Cl4S4/c31-19-1-9-23(10-2-19)35-27-17-29(37-25-13-5-21(33)6-14-25)30(38-26-15-7-22(34)8-16-26)18-28(27)36-24-11-3-20(32)4-12-24/h1-18H. The van der Waals surface area contributed by atoms with Gasteiger partial charge >= 0.3 is 0 Å². The van der Waals surface area contributed by atoms with E-state index in [4.69, 9.17) is 46.4 Å². The first-order valence-corrected chi connectivity index (χ1v) is 16.1. The van der Waals surface area contributed by atoms with Gasteiger partial charge in [0.1, 0.15) is 0 Å². The molecule has 0 aliphatic rings. The lowest BCUT2D eigenvalue weighted by atomic mass is 10.3. The minimum absolute atomic E-state index is 0.721. The molecule has 0 atom stereocenters. The molecule has 8 heteroatoms. The van der Waals surface area contributed by atoms with Gasteiger partial charge in [-0.15, -0.1) is 0 Å². The zero-order valence-corrected chi connectivity index (χ0v) is 25.8. The van der Waals surface area contributed by atoms with Gasteiger partial charge in [0.2, 0.25) is 0 Å². The van der Waals surface area contributed by atoms with Crippen molar-refractivity contribution in [3.63, 3.8) is 0 Å². The maximum Gasteiger partial charge on any atom is 0.0406 e. The molecule has 0 aliphatic heterocycles. The summed E-state index contributed by atoms with van der Waals surface area (Å²) in [6.07, 6.45) is 0. The minimum atomic E-state index is 0.721. The molecule has 190 valence electrons. The van der Waals surface area contributed by atoms with Crippen molar-refractivity contribution >= 4 is 93.5 Å². The Balaban J connectivity index is 1.59. The smallest absolute Gasteiger partial charge is 0.0406 e. The molecule has 0 amide bonds. The second-order valence-electron chi connectivity index (χ2n) is 7.97. The van der Waals surface area contributed by atoms with Crippen molar-refractivity contribution < 1.29 is 0 Å². The summed E-state index contributed by atoms with van der Waals surface area (Å²) in [5, 5.41) is 2.88. The molecule has 0 N–H and O–H groups in total. The van der Waals surface area contributed by atoms with Crippen molar-refractivity contribution in [1.82, 2.24) is 0 Å². The third-order valence-corrected chi connectivity index (χ3v) is 10.7. The van der Waals surface area contributed by atoms with Crippen LogP contribution in [-0.2, 0) is 0 Å². The first-order valence-electron chi connectivity index (χ1n) is 11.3. The average molecular weight is 649 g/mol. The second kappa shape index (κ2) is 13.3. The van der Waals surface area contributed by atoms with Crippen molar-refractivity contribution in [1.29, 1.82) is 0 Å². The predicted molar refractivity (Wildman–Crippen MR) is 169 cm³/mol. The van der Waals surface area contributed by atoms with Crippen molar-refractivity contribution in [2.24, 2.45) is 0 Å². The van der Waals surface area contributed by atoms with E-state index in [1.807, 2.05) is 97.1 Å². The van der Waals surface area contributed by atoms with Crippen LogP contribution in [0.1, 0.15) is 0 Å². The van der Waals surface area contributed by atoms with Crippen molar-refractivity contribution in [2.75, 3.05) is 0 Å². The van der Waals surface area contributed by atoms with Crippen molar-refractivity contribution in [3.05, 3.63) is 129 Å². The maximum absolute atomic E-state index is 6.15. The zero-order chi connectivity index (χ0) is 26.5. The highest BCUT2D eigenvalue weighted by molar-refractivity contribution is 8.03. The molecule has 0 aromatic heterocycles. The van der Waals surface area contributed by atoms with Crippen LogP contribution in [0, 0.1) is 0 Å². The maximum atomic E-state index is 6.15. The summed E-state index contributed by atoms with van der Waals surface area (Å²) in [6, 6.07) is 36.3. The molecule has 0 fully saturated rings. The van der Waals surface area contributed by atoms with Gasteiger partial charge in [-0.1, -0.05) is 93.5 Å². The van der Waals surface area contributed by atoms with Crippen molar-refractivity contribution in [3.8, 4) is 0 Å². The van der Waals surface area contributed by atoms with E-state index in [-0.39, 0.29) is 0 Å². The molecule has 0 unspecified atom stereocenters. The molecular weight excluding hydrogens is 630 g/mol. The van der Waals surface area contributed by atoms with Crippen molar-refractivity contribution in [2.45, 2.75) is 39.2 Å². The number of benzene rings is 5. The highest BCUT2D eigenvalue weighted by Crippen LogP contribution is 2.47. The van der Waals surface area contributed by atoms with Crippen LogP contribution in [-0.4, -0.2) is 0 Å². The van der Waals surface area contributed by atoms with Gasteiger partial charge in [0.05, 0.1) is 0 Å². The van der Waals surface area contributed by atoms with E-state index in [1.54, 1.807) is 47.0 Å². The van der Waals surface area contributed by atoms with Crippen LogP contribution in [0.2, 0.25) is 20.1 Å². The van der Waals surface area contributed by atoms with E-state index < -0.39 is 0 Å². The normalized spacial score (nSPS) is 11.1. The van der Waals surface area contributed by atoms with E-state index in [9.17, 15) is 0 Å². The highest BCUT2D eigenvalue weighted by atomic mass is 35.5. The van der Waals surface area contributed by atoms with Crippen LogP contribution in [0.15, 0.2) is 148 Å². The predicted octanol–water partition coefficient (Wildman–Crippen LogP) is 12.9. The molecule has 5 aromatic carbocycles. The Kier molecular flexibility index (Phi) is 9.90. The fourth-order valence-corrected chi connectivity index (χ4v) is 7.96. The largest absolute Gasteiger partial charge is 0.0889 e. The molecule has 5 rings (SSSR count). The summed E-state index contributed by atoms with van der Waals surface area (Å²) in [5.74, 6) is 0. The summed E-state index contributed by atoms with van der Waals surface area (Å²) < 4.78 is 0. The molecule has 38 heavy (non-hydrogen) atoms. The third-order valence-electron chi connectivity index (χ3n) is 5.18. The van der Waals surface area contributed by atoms with E-state index in [0.29, 0.717) is 0 Å². The summed E-state index contributed by atoms with van der Waals surface area (Å²) in [7, 11) is 0. The molecule has 5 aromatic rings. The van der Waals surface area contributed by atoms with Gasteiger partial charge in [-0.05, 0) is 109 Å². The third kappa shape index (κ3) is 7.87. The Morgan fingerprint density at radius 2 is 0.474 bits per heavy atom. The molecule has 0 heterocycles. The number of hydrogen-bond acceptors (Lipinski definition) is 4. The second-order valence-corrected chi connectivity index (χ2v) is 14.2. The SMILES string of the molecule is Clc1ccc(Sc2cc(Sc3ccc(Cl)cc3)c(Sc3ccc(Cl)cc3)cc2Sc2ccc(Cl)cc2)cc1. The summed E-state index contributed by atoms with van der Waals surface area (Å²) in [4.78, 5) is 9.10. The quantitative estimate of drug-likeness (QED) is 0.164. The fraction of sp³-hybridized carbons (Fsp3) is 0. The van der Waals surface area contributed by atoms with Crippen LogP contribution in [0.3, 0.4) is 0 Å². The van der Waals surface area contributed by atoms with Gasteiger partial charge in [-0.3, -0.25) is 0 Å². The first-order chi connectivity index (χ1) is 18.4. The Hall–Kier alpha value is -1.34. The average Bonchev–Trinajstić information content (AvgIpc) is 2.91. The van der Waals surface area contributed by atoms with Gasteiger partial charge in [0, 0.05) is 59.3 Å². The molecule has 0 spiro atoms. The molecule has 0 bridgehead atoms. The van der Waals surface area contributed by atoms with Gasteiger partial charge in [-0.25, -0.2) is 0 Å². The molecule has 0 saturated heterocycles. The Labute approximate surface area is 259 Å². The summed E-state index contributed by atoms with van der Waals surface area (Å²) >= 11 is 31.5. The summed E-state index contributed by atoms with van der Waals surface area (Å²) in [5.41, 5.74) is 0. The van der Waals surface area contributed by atoms with Crippen LogP contribution < -0.4 is 0 Å². The lowest BCUT2D eigenvalue weighted by Crippen LogP contribution is -1.88. The molecule has 0 nitrogen and oxygen atoms in total. The monoisotopic (exact) mass is 646 g/mol. The number of rotatable bonds is 8. The molecular formula is C30H18Cl4S4. The minimum Gasteiger partial charge on any atom is -0.0889 e. The van der Waals surface area contributed by atoms with E-state index in [1.165, 1.54) is 0 Å². The number of halogens is 4. The van der Waals surface area contributed by atoms with Gasteiger partial charge in [0.15, 0.2) is 0 Å². The van der Waals surface area contributed by atoms with Gasteiger partial charge in [0.25, 0.3) is 0 Å². The summed E-state index contributed by atoms with van der Waals surface area (Å²) in [6.45, 7) is 0. The first kappa shape index (κ1) is 28.2. The Morgan fingerprint density at radius 3 is 0.658 bits per heavy atom. The topological polar surface area (TPSA) is 0 Å². The van der Waals surface area contributed by atoms with Crippen LogP contribution >= 0.6 is 93.5 Å².